The van der Waals surface area contributed by atoms with Crippen molar-refractivity contribution >= 4 is 8.80 Å². The molecule has 117 valence electrons. The summed E-state index contributed by atoms with van der Waals surface area (Å²) in [6, 6.07) is 36.5. The van der Waals surface area contributed by atoms with Crippen LogP contribution in [-0.4, -0.2) is 8.80 Å². The van der Waals surface area contributed by atoms with E-state index in [0.717, 1.165) is 0 Å². The van der Waals surface area contributed by atoms with Crippen LogP contribution in [0.1, 0.15) is 16.7 Å². The van der Waals surface area contributed by atoms with E-state index in [9.17, 15) is 0 Å². The fourth-order valence-electron chi connectivity index (χ4n) is 2.84. The first-order valence-corrected chi connectivity index (χ1v) is 9.97. The predicted octanol–water partition coefficient (Wildman–Crippen LogP) is 4.98. The molecular formula is C21H22FSi. The van der Waals surface area contributed by atoms with Crippen molar-refractivity contribution in [2.75, 3.05) is 0 Å². The summed E-state index contributed by atoms with van der Waals surface area (Å²) in [7, 11) is -0.502. The van der Waals surface area contributed by atoms with Crippen LogP contribution in [0.3, 0.4) is 0 Å². The van der Waals surface area contributed by atoms with E-state index in [4.69, 9.17) is 0 Å². The lowest BCUT2D eigenvalue weighted by atomic mass is 10.2. The van der Waals surface area contributed by atoms with Gasteiger partial charge in [-0.25, -0.2) is 0 Å². The van der Waals surface area contributed by atoms with Crippen LogP contribution in [0.25, 0.3) is 0 Å². The number of halogens is 1. The molecule has 0 atom stereocenters. The molecule has 3 rings (SSSR count). The molecule has 0 nitrogen and oxygen atoms in total. The van der Waals surface area contributed by atoms with E-state index in [1.807, 2.05) is 0 Å². The summed E-state index contributed by atoms with van der Waals surface area (Å²) in [5.74, 6) is 0. The third-order valence-electron chi connectivity index (χ3n) is 3.89. The molecule has 3 aromatic rings. The summed E-state index contributed by atoms with van der Waals surface area (Å²) in [6.45, 7) is 0. The lowest BCUT2D eigenvalue weighted by Crippen LogP contribution is -2.24. The summed E-state index contributed by atoms with van der Waals surface area (Å²) in [5, 5.41) is 0. The molecule has 0 amide bonds. The summed E-state index contributed by atoms with van der Waals surface area (Å²) >= 11 is 0. The molecule has 0 fully saturated rings. The number of rotatable bonds is 6. The topological polar surface area (TPSA) is 0 Å². The first kappa shape index (κ1) is 17.2. The Morgan fingerprint density at radius 2 is 0.696 bits per heavy atom. The van der Waals surface area contributed by atoms with Gasteiger partial charge in [-0.1, -0.05) is 108 Å². The molecule has 2 heteroatoms. The van der Waals surface area contributed by atoms with Crippen molar-refractivity contribution in [3.63, 3.8) is 0 Å². The Morgan fingerprint density at radius 1 is 0.435 bits per heavy atom. The standard InChI is InChI=1S/C21H21Si.FH/c1-4-10-19(11-5-1)16-22(17-20-12-6-2-7-13-20)18-21-14-8-3-9-15-21;/h1-15H,16-18H2;1H. The molecule has 3 aromatic carbocycles. The summed E-state index contributed by atoms with van der Waals surface area (Å²) in [4.78, 5) is 0. The summed E-state index contributed by atoms with van der Waals surface area (Å²) < 4.78 is 0. The second-order valence-electron chi connectivity index (χ2n) is 5.74. The molecule has 0 aromatic heterocycles. The molecule has 0 unspecified atom stereocenters. The van der Waals surface area contributed by atoms with Crippen LogP contribution in [0.15, 0.2) is 91.0 Å². The highest BCUT2D eigenvalue weighted by atomic mass is 28.3. The highest BCUT2D eigenvalue weighted by Gasteiger charge is 2.14. The zero-order valence-electron chi connectivity index (χ0n) is 13.2. The van der Waals surface area contributed by atoms with Crippen LogP contribution >= 0.6 is 0 Å². The van der Waals surface area contributed by atoms with Gasteiger partial charge < -0.3 is 0 Å². The largest absolute Gasteiger partial charge is 0.269 e. The van der Waals surface area contributed by atoms with E-state index in [-0.39, 0.29) is 4.70 Å². The Morgan fingerprint density at radius 3 is 0.957 bits per heavy atom. The minimum absolute atomic E-state index is 0. The third kappa shape index (κ3) is 5.50. The quantitative estimate of drug-likeness (QED) is 0.562. The average molecular weight is 321 g/mol. The van der Waals surface area contributed by atoms with Crippen LogP contribution in [0.4, 0.5) is 4.70 Å². The van der Waals surface area contributed by atoms with Crippen LogP contribution < -0.4 is 0 Å². The zero-order valence-corrected chi connectivity index (χ0v) is 14.2. The molecule has 0 saturated heterocycles. The number of hydrogen-bond acceptors (Lipinski definition) is 0. The van der Waals surface area contributed by atoms with Crippen molar-refractivity contribution in [1.82, 2.24) is 0 Å². The van der Waals surface area contributed by atoms with E-state index >= 15 is 0 Å². The van der Waals surface area contributed by atoms with Crippen molar-refractivity contribution in [3.8, 4) is 0 Å². The van der Waals surface area contributed by atoms with Gasteiger partial charge in [0, 0.05) is 0 Å². The molecular weight excluding hydrogens is 299 g/mol. The van der Waals surface area contributed by atoms with E-state index in [2.05, 4.69) is 91.0 Å². The Hall–Kier alpha value is -2.19. The molecule has 23 heavy (non-hydrogen) atoms. The Kier molecular flexibility index (Phi) is 6.76. The normalized spacial score (nSPS) is 10.3. The van der Waals surface area contributed by atoms with Gasteiger partial charge in [-0.3, -0.25) is 4.70 Å². The van der Waals surface area contributed by atoms with Gasteiger partial charge in [-0.05, 0) is 18.1 Å². The molecule has 0 bridgehead atoms. The van der Waals surface area contributed by atoms with Crippen molar-refractivity contribution in [3.05, 3.63) is 108 Å². The van der Waals surface area contributed by atoms with Gasteiger partial charge in [0.2, 0.25) is 0 Å². The molecule has 0 aliphatic carbocycles. The smallest absolute Gasteiger partial charge is 0.0617 e. The second-order valence-corrected chi connectivity index (χ2v) is 8.30. The van der Waals surface area contributed by atoms with E-state index < -0.39 is 8.80 Å². The van der Waals surface area contributed by atoms with E-state index in [1.54, 1.807) is 0 Å². The molecule has 0 spiro atoms. The number of benzene rings is 3. The predicted molar refractivity (Wildman–Crippen MR) is 98.7 cm³/mol. The summed E-state index contributed by atoms with van der Waals surface area (Å²) in [5.41, 5.74) is 4.43. The lowest BCUT2D eigenvalue weighted by molar-refractivity contribution is 1.11. The van der Waals surface area contributed by atoms with Crippen molar-refractivity contribution < 1.29 is 4.70 Å². The first-order valence-electron chi connectivity index (χ1n) is 7.85. The minimum Gasteiger partial charge on any atom is -0.269 e. The SMILES string of the molecule is F.c1ccc(C[Si](Cc2ccccc2)Cc2ccccc2)cc1. The molecule has 0 saturated carbocycles. The van der Waals surface area contributed by atoms with Gasteiger partial charge in [0.25, 0.3) is 0 Å². The minimum atomic E-state index is -0.502. The van der Waals surface area contributed by atoms with Gasteiger partial charge in [-0.15, -0.1) is 0 Å². The lowest BCUT2D eigenvalue weighted by Gasteiger charge is -2.16. The maximum atomic E-state index is 2.26. The summed E-state index contributed by atoms with van der Waals surface area (Å²) in [6.07, 6.45) is 0. The van der Waals surface area contributed by atoms with E-state index in [1.165, 1.54) is 34.8 Å². The van der Waals surface area contributed by atoms with Crippen molar-refractivity contribution in [2.45, 2.75) is 18.1 Å². The van der Waals surface area contributed by atoms with Crippen LogP contribution in [0.2, 0.25) is 0 Å². The fraction of sp³-hybridized carbons (Fsp3) is 0.143. The van der Waals surface area contributed by atoms with Gasteiger partial charge >= 0.3 is 0 Å². The average Bonchev–Trinajstić information content (AvgIpc) is 2.57. The Labute approximate surface area is 139 Å². The number of hydrogen-bond donors (Lipinski definition) is 0. The molecule has 1 radical (unpaired) electrons. The fourth-order valence-corrected chi connectivity index (χ4v) is 5.66. The van der Waals surface area contributed by atoms with Gasteiger partial charge in [0.1, 0.15) is 0 Å². The molecule has 0 aliphatic heterocycles. The van der Waals surface area contributed by atoms with Crippen molar-refractivity contribution in [2.24, 2.45) is 0 Å². The first-order chi connectivity index (χ1) is 10.9. The third-order valence-corrected chi connectivity index (χ3v) is 6.62. The monoisotopic (exact) mass is 321 g/mol. The van der Waals surface area contributed by atoms with E-state index in [0.29, 0.717) is 0 Å². The van der Waals surface area contributed by atoms with Gasteiger partial charge in [0.05, 0.1) is 8.80 Å². The molecule has 0 N–H and O–H groups in total. The molecule has 0 aliphatic rings. The Bertz CT molecular complexity index is 569. The maximum absolute atomic E-state index is 2.26. The maximum Gasteiger partial charge on any atom is 0.0617 e. The van der Waals surface area contributed by atoms with Crippen LogP contribution in [-0.2, 0) is 18.1 Å². The molecule has 0 heterocycles. The van der Waals surface area contributed by atoms with Crippen LogP contribution in [0.5, 0.6) is 0 Å². The van der Waals surface area contributed by atoms with Crippen LogP contribution in [0, 0.1) is 0 Å². The van der Waals surface area contributed by atoms with Gasteiger partial charge in [-0.2, -0.15) is 0 Å². The highest BCUT2D eigenvalue weighted by molar-refractivity contribution is 6.57. The second kappa shape index (κ2) is 9.06. The van der Waals surface area contributed by atoms with Crippen molar-refractivity contribution in [1.29, 1.82) is 0 Å². The van der Waals surface area contributed by atoms with Gasteiger partial charge in [0.15, 0.2) is 0 Å². The zero-order chi connectivity index (χ0) is 15.0. The Balaban J connectivity index is 0.00000192. The highest BCUT2D eigenvalue weighted by Crippen LogP contribution is 2.13.